The van der Waals surface area contributed by atoms with Crippen LogP contribution in [0.25, 0.3) is 0 Å². The molecule has 2 fully saturated rings. The maximum absolute atomic E-state index is 15.0. The van der Waals surface area contributed by atoms with E-state index < -0.39 is 64.6 Å². The summed E-state index contributed by atoms with van der Waals surface area (Å²) in [5.74, 6) is -3.00. The van der Waals surface area contributed by atoms with E-state index in [4.69, 9.17) is 14.0 Å². The van der Waals surface area contributed by atoms with Crippen LogP contribution in [-0.2, 0) is 31.9 Å². The number of ether oxygens (including phenoxy) is 2. The van der Waals surface area contributed by atoms with Crippen LogP contribution in [0.4, 0.5) is 0 Å². The van der Waals surface area contributed by atoms with E-state index in [2.05, 4.69) is 12.1 Å². The molecule has 0 aromatic carbocycles. The molecule has 0 amide bonds. The van der Waals surface area contributed by atoms with E-state index in [1.54, 1.807) is 19.1 Å². The van der Waals surface area contributed by atoms with E-state index >= 15 is 4.79 Å². The van der Waals surface area contributed by atoms with Crippen molar-refractivity contribution in [2.45, 2.75) is 143 Å². The van der Waals surface area contributed by atoms with Crippen LogP contribution < -0.4 is 0 Å². The second-order valence-electron chi connectivity index (χ2n) is 15.2. The average molecular weight is 670 g/mol. The second-order valence-corrected chi connectivity index (χ2v) is 15.2. The molecule has 266 valence electrons. The molecule has 0 radical (unpaired) electrons. The summed E-state index contributed by atoms with van der Waals surface area (Å²) in [4.78, 5) is 42.2. The second kappa shape index (κ2) is 13.5. The zero-order valence-corrected chi connectivity index (χ0v) is 29.8. The van der Waals surface area contributed by atoms with Crippen molar-refractivity contribution in [2.75, 3.05) is 6.61 Å². The van der Waals surface area contributed by atoms with Gasteiger partial charge in [0.15, 0.2) is 23.2 Å². The molecule has 2 bridgehead atoms. The third-order valence-corrected chi connectivity index (χ3v) is 12.2. The number of carbonyl (C=O) groups excluding carboxylic acids is 3. The number of aliphatic hydroxyl groups is 3. The van der Waals surface area contributed by atoms with Gasteiger partial charge in [-0.2, -0.15) is 0 Å². The van der Waals surface area contributed by atoms with Crippen LogP contribution in [0.1, 0.15) is 128 Å². The summed E-state index contributed by atoms with van der Waals surface area (Å²) in [6.45, 7) is 12.7. The Morgan fingerprint density at radius 1 is 1.06 bits per heavy atom. The number of esters is 2. The van der Waals surface area contributed by atoms with Gasteiger partial charge in [-0.1, -0.05) is 97.4 Å². The van der Waals surface area contributed by atoms with E-state index in [0.717, 1.165) is 25.7 Å². The molecule has 1 aromatic heterocycles. The summed E-state index contributed by atoms with van der Waals surface area (Å²) < 4.78 is 17.8. The number of nitrogens with zero attached hydrogens (tertiary/aromatic N) is 1. The maximum atomic E-state index is 15.0. The van der Waals surface area contributed by atoms with Gasteiger partial charge in [0, 0.05) is 30.1 Å². The van der Waals surface area contributed by atoms with Gasteiger partial charge in [0.05, 0.1) is 17.7 Å². The molecular weight excluding hydrogens is 614 g/mol. The molecule has 3 N–H and O–H groups in total. The van der Waals surface area contributed by atoms with Crippen LogP contribution in [0, 0.1) is 28.6 Å². The minimum atomic E-state index is -2.34. The summed E-state index contributed by atoms with van der Waals surface area (Å²) in [5, 5.41) is 39.4. The Hall–Kier alpha value is -2.82. The molecule has 10 nitrogen and oxygen atoms in total. The minimum absolute atomic E-state index is 0.0652. The van der Waals surface area contributed by atoms with E-state index in [1.165, 1.54) is 19.3 Å². The van der Waals surface area contributed by atoms with Crippen LogP contribution in [0.5, 0.6) is 0 Å². The Kier molecular flexibility index (Phi) is 10.2. The molecule has 2 saturated carbocycles. The molecule has 5 rings (SSSR count). The number of hydrogen-bond donors (Lipinski definition) is 3. The largest absolute Gasteiger partial charge is 0.458 e. The van der Waals surface area contributed by atoms with Crippen molar-refractivity contribution in [3.05, 3.63) is 40.3 Å². The van der Waals surface area contributed by atoms with E-state index in [0.29, 0.717) is 29.9 Å². The highest BCUT2D eigenvalue weighted by Crippen LogP contribution is 2.75. The SMILES string of the molecule is CCCCCCCCCC(=O)O[C@@]12CC(C)C34C=C(C)[C@H](OC(=O)c5c(CC)noc5CC)[C@@]3(O)[C@H](O)C(CO)=C[C@H](C4=O)[C@@H]1C2(C)C. The molecule has 48 heavy (non-hydrogen) atoms. The Labute approximate surface area is 284 Å². The molecule has 1 spiro atoms. The standard InChI is InChI=1S/C38H55NO9/c1-8-11-12-13-14-15-16-17-28(41)47-37-20-23(5)36-19-22(4)33(46-34(44)29-26(9-2)39-48-27(29)10-3)38(36,45)31(42)24(21-40)18-25(32(36)43)30(37)35(37,6)7/h18-19,23,25,30-31,33,40,42,45H,8-17,20-21H2,1-7H3/t23?,25-,30+,31+,33-,36?,37-,38-/m0/s1. The number of Topliss-reactive ketones (excluding diaryl/α,β-unsaturated/α-hetero) is 1. The van der Waals surface area contributed by atoms with E-state index in [1.807, 2.05) is 34.6 Å². The van der Waals surface area contributed by atoms with E-state index in [-0.39, 0.29) is 35.7 Å². The number of unbranched alkanes of at least 4 members (excludes halogenated alkanes) is 6. The normalized spacial score (nSPS) is 34.7. The van der Waals surface area contributed by atoms with Crippen molar-refractivity contribution in [3.8, 4) is 0 Å². The number of carbonyl (C=O) groups is 3. The van der Waals surface area contributed by atoms with Gasteiger partial charge in [0.1, 0.15) is 17.3 Å². The molecular formula is C38H55NO9. The van der Waals surface area contributed by atoms with Crippen molar-refractivity contribution >= 4 is 17.7 Å². The third kappa shape index (κ3) is 5.32. The molecule has 10 heteroatoms. The van der Waals surface area contributed by atoms with Crippen molar-refractivity contribution in [1.29, 1.82) is 0 Å². The smallest absolute Gasteiger partial charge is 0.344 e. The van der Waals surface area contributed by atoms with Crippen molar-refractivity contribution < 1.29 is 43.7 Å². The number of ketones is 1. The highest BCUT2D eigenvalue weighted by atomic mass is 16.6. The van der Waals surface area contributed by atoms with Gasteiger partial charge >= 0.3 is 11.9 Å². The predicted molar refractivity (Wildman–Crippen MR) is 178 cm³/mol. The molecule has 8 atom stereocenters. The first-order valence-electron chi connectivity index (χ1n) is 18.1. The van der Waals surface area contributed by atoms with Crippen molar-refractivity contribution in [1.82, 2.24) is 5.16 Å². The summed E-state index contributed by atoms with van der Waals surface area (Å²) in [5.41, 5.74) is -4.54. The van der Waals surface area contributed by atoms with Crippen LogP contribution in [0.15, 0.2) is 27.8 Å². The summed E-state index contributed by atoms with van der Waals surface area (Å²) in [7, 11) is 0. The Morgan fingerprint density at radius 2 is 1.73 bits per heavy atom. The van der Waals surface area contributed by atoms with Crippen molar-refractivity contribution in [2.24, 2.45) is 28.6 Å². The zero-order valence-electron chi connectivity index (χ0n) is 29.8. The van der Waals surface area contributed by atoms with Gasteiger partial charge in [-0.3, -0.25) is 9.59 Å². The first-order valence-corrected chi connectivity index (χ1v) is 18.1. The van der Waals surface area contributed by atoms with Gasteiger partial charge in [0.2, 0.25) is 0 Å². The molecule has 0 saturated heterocycles. The number of allylic oxidation sites excluding steroid dienone is 1. The number of fused-ring (bicyclic) bond motifs is 3. The average Bonchev–Trinajstić information content (AvgIpc) is 3.30. The van der Waals surface area contributed by atoms with Crippen LogP contribution in [0.3, 0.4) is 0 Å². The monoisotopic (exact) mass is 669 g/mol. The molecule has 2 unspecified atom stereocenters. The molecule has 0 aliphatic heterocycles. The summed E-state index contributed by atoms with van der Waals surface area (Å²) >= 11 is 0. The van der Waals surface area contributed by atoms with Crippen LogP contribution >= 0.6 is 0 Å². The number of aliphatic hydroxyl groups excluding tert-OH is 2. The lowest BCUT2D eigenvalue weighted by atomic mass is 9.59. The fraction of sp³-hybridized carbons (Fsp3) is 0.737. The lowest BCUT2D eigenvalue weighted by molar-refractivity contribution is -0.192. The number of hydrogen-bond acceptors (Lipinski definition) is 10. The molecule has 1 heterocycles. The Balaban J connectivity index is 1.48. The fourth-order valence-corrected chi connectivity index (χ4v) is 9.62. The van der Waals surface area contributed by atoms with Gasteiger partial charge in [-0.15, -0.1) is 0 Å². The van der Waals surface area contributed by atoms with E-state index in [9.17, 15) is 24.9 Å². The number of aryl methyl sites for hydroxylation is 2. The fourth-order valence-electron chi connectivity index (χ4n) is 9.62. The highest BCUT2D eigenvalue weighted by Gasteiger charge is 2.83. The quantitative estimate of drug-likeness (QED) is 0.129. The van der Waals surface area contributed by atoms with Crippen molar-refractivity contribution in [3.63, 3.8) is 0 Å². The number of rotatable bonds is 14. The minimum Gasteiger partial charge on any atom is -0.458 e. The Morgan fingerprint density at radius 3 is 2.35 bits per heavy atom. The summed E-state index contributed by atoms with van der Waals surface area (Å²) in [6, 6.07) is 0. The van der Waals surface area contributed by atoms with Gasteiger partial charge in [-0.25, -0.2) is 4.79 Å². The van der Waals surface area contributed by atoms with Crippen LogP contribution in [0.2, 0.25) is 0 Å². The zero-order chi connectivity index (χ0) is 35.2. The Bertz CT molecular complexity index is 1450. The maximum Gasteiger partial charge on any atom is 0.344 e. The van der Waals surface area contributed by atoms with Gasteiger partial charge in [0.25, 0.3) is 0 Å². The molecule has 1 aromatic rings. The summed E-state index contributed by atoms with van der Waals surface area (Å²) in [6.07, 6.45) is 8.95. The third-order valence-electron chi connectivity index (χ3n) is 12.2. The van der Waals surface area contributed by atoms with Gasteiger partial charge in [-0.05, 0) is 43.3 Å². The lowest BCUT2D eigenvalue weighted by Gasteiger charge is -2.49. The highest BCUT2D eigenvalue weighted by molar-refractivity contribution is 5.97. The molecule has 4 aliphatic carbocycles. The first kappa shape index (κ1) is 36.5. The first-order chi connectivity index (χ1) is 22.7. The lowest BCUT2D eigenvalue weighted by Crippen LogP contribution is -2.66. The topological polar surface area (TPSA) is 156 Å². The van der Waals surface area contributed by atoms with Gasteiger partial charge < -0.3 is 29.3 Å². The predicted octanol–water partition coefficient (Wildman–Crippen LogP) is 5.60. The van der Waals surface area contributed by atoms with Crippen LogP contribution in [-0.4, -0.2) is 68.2 Å². The number of aromatic nitrogens is 1. The molecule has 4 aliphatic rings.